The average Bonchev–Trinajstić information content (AvgIpc) is 3.15. The Bertz CT molecular complexity index is 848. The third-order valence-corrected chi connectivity index (χ3v) is 3.84. The zero-order chi connectivity index (χ0) is 18.2. The first-order valence-electron chi connectivity index (χ1n) is 8.17. The summed E-state index contributed by atoms with van der Waals surface area (Å²) in [6.07, 6.45) is 2.35. The van der Waals surface area contributed by atoms with E-state index >= 15 is 0 Å². The van der Waals surface area contributed by atoms with Crippen LogP contribution < -0.4 is 10.6 Å². The summed E-state index contributed by atoms with van der Waals surface area (Å²) >= 11 is 5.89. The fraction of sp³-hybridized carbons (Fsp3) is 0.222. The van der Waals surface area contributed by atoms with Crippen molar-refractivity contribution in [2.24, 2.45) is 4.99 Å². The maximum Gasteiger partial charge on any atom is 0.228 e. The van der Waals surface area contributed by atoms with Crippen molar-refractivity contribution in [3.63, 3.8) is 0 Å². The molecule has 0 unspecified atom stereocenters. The number of aromatic nitrogens is 3. The lowest BCUT2D eigenvalue weighted by Gasteiger charge is -2.10. The molecular formula is C18H19ClN6O. The van der Waals surface area contributed by atoms with Crippen molar-refractivity contribution < 1.29 is 4.52 Å². The smallest absolute Gasteiger partial charge is 0.228 e. The maximum atomic E-state index is 5.89. The molecule has 134 valence electrons. The highest BCUT2D eigenvalue weighted by Crippen LogP contribution is 2.18. The summed E-state index contributed by atoms with van der Waals surface area (Å²) in [5.41, 5.74) is 1.81. The van der Waals surface area contributed by atoms with Crippen LogP contribution in [0, 0.1) is 0 Å². The van der Waals surface area contributed by atoms with Crippen LogP contribution in [0.15, 0.2) is 58.2 Å². The van der Waals surface area contributed by atoms with Gasteiger partial charge in [0.25, 0.3) is 0 Å². The molecule has 2 heterocycles. The zero-order valence-electron chi connectivity index (χ0n) is 14.3. The number of guanidine groups is 1. The predicted octanol–water partition coefficient (Wildman–Crippen LogP) is 2.69. The van der Waals surface area contributed by atoms with Gasteiger partial charge in [0, 0.05) is 36.8 Å². The van der Waals surface area contributed by atoms with Gasteiger partial charge in [0.2, 0.25) is 11.7 Å². The van der Waals surface area contributed by atoms with Crippen LogP contribution in [0.3, 0.4) is 0 Å². The van der Waals surface area contributed by atoms with Crippen LogP contribution in [-0.2, 0) is 13.0 Å². The van der Waals surface area contributed by atoms with Gasteiger partial charge in [-0.15, -0.1) is 0 Å². The van der Waals surface area contributed by atoms with Gasteiger partial charge >= 0.3 is 0 Å². The summed E-state index contributed by atoms with van der Waals surface area (Å²) in [6.45, 7) is 1.21. The van der Waals surface area contributed by atoms with Crippen molar-refractivity contribution in [1.82, 2.24) is 25.8 Å². The van der Waals surface area contributed by atoms with Crippen molar-refractivity contribution in [2.75, 3.05) is 13.6 Å². The van der Waals surface area contributed by atoms with Crippen molar-refractivity contribution in [3.05, 3.63) is 65.3 Å². The van der Waals surface area contributed by atoms with Gasteiger partial charge in [-0.2, -0.15) is 4.98 Å². The van der Waals surface area contributed by atoms with E-state index in [0.29, 0.717) is 42.2 Å². The summed E-state index contributed by atoms with van der Waals surface area (Å²) < 4.78 is 5.29. The van der Waals surface area contributed by atoms with Crippen molar-refractivity contribution >= 4 is 17.6 Å². The summed E-state index contributed by atoms with van der Waals surface area (Å²) in [5.74, 6) is 1.80. The molecule has 0 radical (unpaired) electrons. The van der Waals surface area contributed by atoms with Gasteiger partial charge in [-0.25, -0.2) is 0 Å². The molecule has 8 heteroatoms. The molecule has 0 aliphatic heterocycles. The van der Waals surface area contributed by atoms with Crippen LogP contribution >= 0.6 is 11.6 Å². The molecule has 2 aromatic heterocycles. The van der Waals surface area contributed by atoms with Gasteiger partial charge in [-0.05, 0) is 36.4 Å². The van der Waals surface area contributed by atoms with Gasteiger partial charge in [0.05, 0.1) is 12.2 Å². The van der Waals surface area contributed by atoms with Gasteiger partial charge < -0.3 is 15.2 Å². The second-order valence-corrected chi connectivity index (χ2v) is 5.88. The normalized spacial score (nSPS) is 11.4. The molecular weight excluding hydrogens is 352 g/mol. The van der Waals surface area contributed by atoms with Gasteiger partial charge in [-0.1, -0.05) is 22.8 Å². The number of hydrogen-bond donors (Lipinski definition) is 2. The average molecular weight is 371 g/mol. The Morgan fingerprint density at radius 1 is 1.15 bits per heavy atom. The molecule has 0 atom stereocenters. The van der Waals surface area contributed by atoms with Crippen LogP contribution in [0.1, 0.15) is 11.6 Å². The van der Waals surface area contributed by atoms with E-state index in [0.717, 1.165) is 11.3 Å². The predicted molar refractivity (Wildman–Crippen MR) is 101 cm³/mol. The van der Waals surface area contributed by atoms with E-state index in [-0.39, 0.29) is 0 Å². The van der Waals surface area contributed by atoms with E-state index in [4.69, 9.17) is 16.1 Å². The number of nitrogens with one attached hydrogen (secondary N) is 2. The molecule has 0 aliphatic carbocycles. The SMILES string of the molecule is CN=C(NCCc1nc(-c2ccc(Cl)cc2)no1)NCc1ccccn1. The fourth-order valence-electron chi connectivity index (χ4n) is 2.26. The van der Waals surface area contributed by atoms with E-state index in [1.807, 2.05) is 30.3 Å². The Hall–Kier alpha value is -2.93. The van der Waals surface area contributed by atoms with E-state index in [1.54, 1.807) is 25.4 Å². The molecule has 3 aromatic rings. The van der Waals surface area contributed by atoms with Crippen LogP contribution in [0.2, 0.25) is 5.02 Å². The Labute approximate surface area is 156 Å². The lowest BCUT2D eigenvalue weighted by Crippen LogP contribution is -2.38. The second-order valence-electron chi connectivity index (χ2n) is 5.44. The Kier molecular flexibility index (Phi) is 6.16. The first-order valence-corrected chi connectivity index (χ1v) is 8.55. The third-order valence-electron chi connectivity index (χ3n) is 3.59. The fourth-order valence-corrected chi connectivity index (χ4v) is 2.38. The number of benzene rings is 1. The summed E-state index contributed by atoms with van der Waals surface area (Å²) in [6, 6.07) is 13.1. The number of hydrogen-bond acceptors (Lipinski definition) is 5. The highest BCUT2D eigenvalue weighted by molar-refractivity contribution is 6.30. The lowest BCUT2D eigenvalue weighted by molar-refractivity contribution is 0.378. The van der Waals surface area contributed by atoms with Gasteiger partial charge in [0.1, 0.15) is 0 Å². The first-order chi connectivity index (χ1) is 12.7. The quantitative estimate of drug-likeness (QED) is 0.512. The number of rotatable bonds is 6. The van der Waals surface area contributed by atoms with Crippen molar-refractivity contribution in [1.29, 1.82) is 0 Å². The van der Waals surface area contributed by atoms with Crippen LogP contribution in [0.5, 0.6) is 0 Å². The van der Waals surface area contributed by atoms with Crippen LogP contribution in [0.25, 0.3) is 11.4 Å². The van der Waals surface area contributed by atoms with E-state index in [2.05, 4.69) is 30.8 Å². The zero-order valence-corrected chi connectivity index (χ0v) is 15.1. The molecule has 0 spiro atoms. The van der Waals surface area contributed by atoms with E-state index in [9.17, 15) is 0 Å². The van der Waals surface area contributed by atoms with Crippen molar-refractivity contribution in [3.8, 4) is 11.4 Å². The molecule has 7 nitrogen and oxygen atoms in total. The second kappa shape index (κ2) is 8.96. The Morgan fingerprint density at radius 3 is 2.73 bits per heavy atom. The Balaban J connectivity index is 1.47. The Morgan fingerprint density at radius 2 is 2.00 bits per heavy atom. The molecule has 0 fully saturated rings. The number of aliphatic imine (C=N–C) groups is 1. The summed E-state index contributed by atoms with van der Waals surface area (Å²) in [5, 5.41) is 11.1. The molecule has 0 bridgehead atoms. The summed E-state index contributed by atoms with van der Waals surface area (Å²) in [4.78, 5) is 12.8. The number of pyridine rings is 1. The standard InChI is InChI=1S/C18H19ClN6O/c1-20-18(23-12-15-4-2-3-10-21-15)22-11-9-16-24-17(25-26-16)13-5-7-14(19)8-6-13/h2-8,10H,9,11-12H2,1H3,(H2,20,22,23). The topological polar surface area (TPSA) is 88.2 Å². The minimum Gasteiger partial charge on any atom is -0.356 e. The minimum atomic E-state index is 0.550. The largest absolute Gasteiger partial charge is 0.356 e. The van der Waals surface area contributed by atoms with Gasteiger partial charge in [0.15, 0.2) is 5.96 Å². The van der Waals surface area contributed by atoms with Crippen LogP contribution in [0.4, 0.5) is 0 Å². The molecule has 26 heavy (non-hydrogen) atoms. The molecule has 0 saturated heterocycles. The summed E-state index contributed by atoms with van der Waals surface area (Å²) in [7, 11) is 1.72. The molecule has 0 aliphatic rings. The number of nitrogens with zero attached hydrogens (tertiary/aromatic N) is 4. The maximum absolute atomic E-state index is 5.89. The third kappa shape index (κ3) is 5.03. The molecule has 1 aromatic carbocycles. The van der Waals surface area contributed by atoms with Crippen molar-refractivity contribution in [2.45, 2.75) is 13.0 Å². The molecule has 3 rings (SSSR count). The molecule has 0 amide bonds. The number of halogens is 1. The lowest BCUT2D eigenvalue weighted by atomic mass is 10.2. The monoisotopic (exact) mass is 370 g/mol. The van der Waals surface area contributed by atoms with Gasteiger partial charge in [-0.3, -0.25) is 9.98 Å². The minimum absolute atomic E-state index is 0.550. The van der Waals surface area contributed by atoms with E-state index in [1.165, 1.54) is 0 Å². The highest BCUT2D eigenvalue weighted by Gasteiger charge is 2.08. The first kappa shape index (κ1) is 17.9. The van der Waals surface area contributed by atoms with Crippen LogP contribution in [-0.4, -0.2) is 34.7 Å². The van der Waals surface area contributed by atoms with E-state index < -0.39 is 0 Å². The molecule has 2 N–H and O–H groups in total. The highest BCUT2D eigenvalue weighted by atomic mass is 35.5. The molecule has 0 saturated carbocycles.